The molecule has 1 saturated carbocycles. The van der Waals surface area contributed by atoms with E-state index in [4.69, 9.17) is 5.14 Å². The van der Waals surface area contributed by atoms with Gasteiger partial charge in [0.15, 0.2) is 5.69 Å². The zero-order valence-electron chi connectivity index (χ0n) is 10.3. The van der Waals surface area contributed by atoms with Crippen LogP contribution in [0.1, 0.15) is 42.9 Å². The molecule has 1 aromatic heterocycles. The Morgan fingerprint density at radius 2 is 2.17 bits per heavy atom. The normalized spacial score (nSPS) is 17.5. The predicted octanol–water partition coefficient (Wildman–Crippen LogP) is -0.0982. The number of primary sulfonamides is 1. The SMILES string of the molecule is CCc1[nH]nc(C(=O)NC2(C)CC2)c1S(N)(=O)=O. The number of carbonyl (C=O) groups is 1. The van der Waals surface area contributed by atoms with E-state index in [1.165, 1.54) is 0 Å². The molecule has 18 heavy (non-hydrogen) atoms. The van der Waals surface area contributed by atoms with Crippen molar-refractivity contribution in [3.8, 4) is 0 Å². The smallest absolute Gasteiger partial charge is 0.273 e. The van der Waals surface area contributed by atoms with Crippen molar-refractivity contribution in [3.05, 3.63) is 11.4 Å². The number of carbonyl (C=O) groups excluding carboxylic acids is 1. The topological polar surface area (TPSA) is 118 Å². The first-order chi connectivity index (χ1) is 8.27. The molecule has 0 spiro atoms. The highest BCUT2D eigenvalue weighted by atomic mass is 32.2. The Labute approximate surface area is 105 Å². The third-order valence-electron chi connectivity index (χ3n) is 3.06. The number of hydrogen-bond donors (Lipinski definition) is 3. The average Bonchev–Trinajstić information content (AvgIpc) is 2.82. The number of nitrogens with zero attached hydrogens (tertiary/aromatic N) is 1. The summed E-state index contributed by atoms with van der Waals surface area (Å²) in [6, 6.07) is 0. The molecule has 0 aliphatic heterocycles. The summed E-state index contributed by atoms with van der Waals surface area (Å²) in [6.07, 6.45) is 2.17. The fraction of sp³-hybridized carbons (Fsp3) is 0.600. The van der Waals surface area contributed by atoms with Crippen molar-refractivity contribution >= 4 is 15.9 Å². The lowest BCUT2D eigenvalue weighted by Gasteiger charge is -2.10. The molecule has 7 nitrogen and oxygen atoms in total. The van der Waals surface area contributed by atoms with Gasteiger partial charge in [-0.1, -0.05) is 6.92 Å². The Hall–Kier alpha value is -1.41. The van der Waals surface area contributed by atoms with Gasteiger partial charge in [-0.2, -0.15) is 5.10 Å². The first kappa shape index (κ1) is 13.0. The van der Waals surface area contributed by atoms with E-state index in [0.29, 0.717) is 12.1 Å². The predicted molar refractivity (Wildman–Crippen MR) is 64.4 cm³/mol. The molecule has 8 heteroatoms. The number of aromatic nitrogens is 2. The van der Waals surface area contributed by atoms with E-state index in [0.717, 1.165) is 12.8 Å². The first-order valence-corrected chi connectivity index (χ1v) is 7.24. The maximum absolute atomic E-state index is 12.0. The molecule has 1 aliphatic carbocycles. The number of sulfonamides is 1. The van der Waals surface area contributed by atoms with E-state index in [9.17, 15) is 13.2 Å². The lowest BCUT2D eigenvalue weighted by atomic mass is 10.2. The van der Waals surface area contributed by atoms with Gasteiger partial charge in [0, 0.05) is 5.54 Å². The van der Waals surface area contributed by atoms with Gasteiger partial charge in [0.2, 0.25) is 10.0 Å². The summed E-state index contributed by atoms with van der Waals surface area (Å²) >= 11 is 0. The molecular formula is C10H16N4O3S. The van der Waals surface area contributed by atoms with Crippen LogP contribution in [0.3, 0.4) is 0 Å². The van der Waals surface area contributed by atoms with Crippen LogP contribution in [-0.4, -0.2) is 30.1 Å². The van der Waals surface area contributed by atoms with E-state index in [-0.39, 0.29) is 16.1 Å². The second-order valence-corrected chi connectivity index (χ2v) is 6.29. The quantitative estimate of drug-likeness (QED) is 0.709. The largest absolute Gasteiger partial charge is 0.345 e. The Morgan fingerprint density at radius 3 is 2.61 bits per heavy atom. The van der Waals surface area contributed by atoms with E-state index in [1.807, 2.05) is 6.92 Å². The van der Waals surface area contributed by atoms with Gasteiger partial charge in [0.1, 0.15) is 4.90 Å². The summed E-state index contributed by atoms with van der Waals surface area (Å²) in [7, 11) is -3.97. The van der Waals surface area contributed by atoms with Crippen LogP contribution in [0, 0.1) is 0 Å². The average molecular weight is 272 g/mol. The molecule has 0 bridgehead atoms. The molecule has 1 aliphatic rings. The van der Waals surface area contributed by atoms with Gasteiger partial charge in [-0.15, -0.1) is 0 Å². The molecule has 0 atom stereocenters. The van der Waals surface area contributed by atoms with Gasteiger partial charge >= 0.3 is 0 Å². The maximum atomic E-state index is 12.0. The molecule has 2 rings (SSSR count). The lowest BCUT2D eigenvalue weighted by Crippen LogP contribution is -2.35. The van der Waals surface area contributed by atoms with E-state index in [2.05, 4.69) is 15.5 Å². The van der Waals surface area contributed by atoms with E-state index >= 15 is 0 Å². The Bertz CT molecular complexity index is 586. The van der Waals surface area contributed by atoms with Crippen molar-refractivity contribution in [2.24, 2.45) is 5.14 Å². The van der Waals surface area contributed by atoms with Crippen LogP contribution in [-0.2, 0) is 16.4 Å². The van der Waals surface area contributed by atoms with Crippen LogP contribution in [0.4, 0.5) is 0 Å². The van der Waals surface area contributed by atoms with Gasteiger partial charge in [0.25, 0.3) is 5.91 Å². The summed E-state index contributed by atoms with van der Waals surface area (Å²) < 4.78 is 23.0. The van der Waals surface area contributed by atoms with Crippen LogP contribution in [0.2, 0.25) is 0 Å². The highest BCUT2D eigenvalue weighted by Crippen LogP contribution is 2.34. The summed E-state index contributed by atoms with van der Waals surface area (Å²) in [6.45, 7) is 3.65. The van der Waals surface area contributed by atoms with Crippen molar-refractivity contribution < 1.29 is 13.2 Å². The summed E-state index contributed by atoms with van der Waals surface area (Å²) in [5.41, 5.74) is -0.0380. The lowest BCUT2D eigenvalue weighted by molar-refractivity contribution is 0.0927. The molecule has 0 unspecified atom stereocenters. The fourth-order valence-corrected chi connectivity index (χ4v) is 2.65. The van der Waals surface area contributed by atoms with Crippen molar-refractivity contribution in [1.82, 2.24) is 15.5 Å². The number of rotatable bonds is 4. The molecular weight excluding hydrogens is 256 g/mol. The summed E-state index contributed by atoms with van der Waals surface area (Å²) in [5, 5.41) is 14.2. The third-order valence-corrected chi connectivity index (χ3v) is 4.07. The molecule has 1 aromatic rings. The van der Waals surface area contributed by atoms with Crippen molar-refractivity contribution in [2.75, 3.05) is 0 Å². The molecule has 0 aromatic carbocycles. The summed E-state index contributed by atoms with van der Waals surface area (Å²) in [4.78, 5) is 11.8. The van der Waals surface area contributed by atoms with Gasteiger partial charge in [-0.25, -0.2) is 13.6 Å². The zero-order valence-corrected chi connectivity index (χ0v) is 11.1. The van der Waals surface area contributed by atoms with Crippen molar-refractivity contribution in [1.29, 1.82) is 0 Å². The van der Waals surface area contributed by atoms with Crippen LogP contribution in [0.25, 0.3) is 0 Å². The molecule has 0 radical (unpaired) electrons. The van der Waals surface area contributed by atoms with Crippen LogP contribution in [0.5, 0.6) is 0 Å². The van der Waals surface area contributed by atoms with Crippen LogP contribution >= 0.6 is 0 Å². The Balaban J connectivity index is 2.39. The molecule has 1 amide bonds. The van der Waals surface area contributed by atoms with Crippen molar-refractivity contribution in [3.63, 3.8) is 0 Å². The standard InChI is InChI=1S/C10H16N4O3S/c1-3-6-8(18(11,16)17)7(14-13-6)9(15)12-10(2)4-5-10/h3-5H2,1-2H3,(H,12,15)(H,13,14)(H2,11,16,17). The van der Waals surface area contributed by atoms with Crippen LogP contribution < -0.4 is 10.5 Å². The Kier molecular flexibility index (Phi) is 2.94. The number of nitrogens with one attached hydrogen (secondary N) is 2. The van der Waals surface area contributed by atoms with Crippen molar-refractivity contribution in [2.45, 2.75) is 43.5 Å². The first-order valence-electron chi connectivity index (χ1n) is 5.69. The minimum atomic E-state index is -3.97. The third kappa shape index (κ3) is 2.39. The second-order valence-electron chi connectivity index (χ2n) is 4.79. The molecule has 1 heterocycles. The van der Waals surface area contributed by atoms with Gasteiger partial charge in [-0.3, -0.25) is 9.89 Å². The molecule has 4 N–H and O–H groups in total. The minimum Gasteiger partial charge on any atom is -0.345 e. The van der Waals surface area contributed by atoms with E-state index in [1.54, 1.807) is 6.92 Å². The van der Waals surface area contributed by atoms with Gasteiger partial charge in [0.05, 0.1) is 5.69 Å². The summed E-state index contributed by atoms with van der Waals surface area (Å²) in [5.74, 6) is -0.505. The van der Waals surface area contributed by atoms with E-state index < -0.39 is 15.9 Å². The fourth-order valence-electron chi connectivity index (χ4n) is 1.71. The highest BCUT2D eigenvalue weighted by Gasteiger charge is 2.40. The zero-order chi connectivity index (χ0) is 13.6. The number of amides is 1. The monoisotopic (exact) mass is 272 g/mol. The Morgan fingerprint density at radius 1 is 1.56 bits per heavy atom. The van der Waals surface area contributed by atoms with Crippen LogP contribution in [0.15, 0.2) is 4.90 Å². The number of nitrogens with two attached hydrogens (primary N) is 1. The minimum absolute atomic E-state index is 0.150. The number of aryl methyl sites for hydroxylation is 1. The molecule has 100 valence electrons. The van der Waals surface area contributed by atoms with Gasteiger partial charge < -0.3 is 5.32 Å². The molecule has 0 saturated heterocycles. The second kappa shape index (κ2) is 4.06. The number of hydrogen-bond acceptors (Lipinski definition) is 4. The maximum Gasteiger partial charge on any atom is 0.273 e. The number of H-pyrrole nitrogens is 1. The molecule has 1 fully saturated rings. The number of aromatic amines is 1. The highest BCUT2D eigenvalue weighted by molar-refractivity contribution is 7.89. The van der Waals surface area contributed by atoms with Gasteiger partial charge in [-0.05, 0) is 26.2 Å².